The van der Waals surface area contributed by atoms with Crippen LogP contribution < -0.4 is 0 Å². The molecule has 0 atom stereocenters. The summed E-state index contributed by atoms with van der Waals surface area (Å²) in [4.78, 5) is 6.67. The van der Waals surface area contributed by atoms with Crippen molar-refractivity contribution in [2.45, 2.75) is 0 Å². The van der Waals surface area contributed by atoms with Crippen LogP contribution in [0, 0.1) is 5.21 Å². The van der Waals surface area contributed by atoms with Crippen LogP contribution in [0.2, 0.25) is 0 Å². The summed E-state index contributed by atoms with van der Waals surface area (Å²) in [6, 6.07) is 0. The molecule has 0 aliphatic carbocycles. The molecule has 1 N–H and O–H groups in total. The Labute approximate surface area is 75.8 Å². The van der Waals surface area contributed by atoms with Crippen molar-refractivity contribution < 1.29 is 20.3 Å². The quantitative estimate of drug-likeness (QED) is 0.143. The molecule has 0 radical (unpaired) electrons. The van der Waals surface area contributed by atoms with Gasteiger partial charge in [0, 0.05) is 0 Å². The van der Waals surface area contributed by atoms with Gasteiger partial charge in [0.25, 0.3) is 0 Å². The van der Waals surface area contributed by atoms with Crippen molar-refractivity contribution in [2.24, 2.45) is 0 Å². The van der Waals surface area contributed by atoms with Gasteiger partial charge in [0.15, 0.2) is 5.14 Å². The third-order valence-corrected chi connectivity index (χ3v) is 0.202. The van der Waals surface area contributed by atoms with Gasteiger partial charge in [0.1, 0.15) is 9.98 Å². The van der Waals surface area contributed by atoms with E-state index in [0.717, 1.165) is 0 Å². The first-order valence-electron chi connectivity index (χ1n) is 0.914. The molecule has 1 saturated heterocycles. The largest absolute Gasteiger partial charge is 0.523 e. The van der Waals surface area contributed by atoms with E-state index < -0.39 is 5.14 Å². The summed E-state index contributed by atoms with van der Waals surface area (Å²) < 4.78 is 0. The second kappa shape index (κ2) is 2.14. The van der Waals surface area contributed by atoms with Gasteiger partial charge in [-0.15, -0.1) is 5.21 Å². The van der Waals surface area contributed by atoms with E-state index in [2.05, 4.69) is 9.98 Å². The average Bonchev–Trinajstić information content (AvgIpc) is 1.76. The molecule has 1 rings (SSSR count). The van der Waals surface area contributed by atoms with Crippen LogP contribution in [0.25, 0.3) is 0 Å². The first kappa shape index (κ1) is 7.44. The fourth-order valence-corrected chi connectivity index (χ4v) is 0.0285. The van der Waals surface area contributed by atoms with E-state index in [9.17, 15) is 5.21 Å². The van der Waals surface area contributed by atoms with E-state index in [-0.39, 0.29) is 51.4 Å². The Morgan fingerprint density at radius 2 is 1.67 bits per heavy atom. The van der Waals surface area contributed by atoms with Gasteiger partial charge in [-0.1, -0.05) is 0 Å². The molecule has 1 aliphatic rings. The van der Waals surface area contributed by atoms with Crippen molar-refractivity contribution in [3.63, 3.8) is 0 Å². The molecule has 0 spiro atoms. The van der Waals surface area contributed by atoms with Gasteiger partial charge in [0.05, 0.1) is 0 Å². The van der Waals surface area contributed by atoms with Crippen LogP contribution >= 0.6 is 0 Å². The SMILES string of the molecule is [KH].[O-][N+]1(O)OO1. The number of hydrogen-bond donors (Lipinski definition) is 1. The van der Waals surface area contributed by atoms with Crippen molar-refractivity contribution >= 4 is 51.4 Å². The topological polar surface area (TPSA) is 68.3 Å². The average molecular weight is 119 g/mol. The Bertz CT molecular complexity index is 45.5. The van der Waals surface area contributed by atoms with Crippen molar-refractivity contribution in [2.75, 3.05) is 0 Å². The molecule has 1 heterocycles. The van der Waals surface area contributed by atoms with Gasteiger partial charge in [-0.25, -0.2) is 0 Å². The van der Waals surface area contributed by atoms with Crippen LogP contribution in [0.1, 0.15) is 0 Å². The molecule has 6 heavy (non-hydrogen) atoms. The number of nitrogens with zero attached hydrogens (tertiary/aromatic N) is 1. The van der Waals surface area contributed by atoms with Crippen LogP contribution in [-0.2, 0) is 9.98 Å². The zero-order valence-corrected chi connectivity index (χ0v) is 2.12. The normalized spacial score (nSPS) is 25.0. The summed E-state index contributed by atoms with van der Waals surface area (Å²) in [6.07, 6.45) is 0. The predicted molar refractivity (Wildman–Crippen MR) is 14.7 cm³/mol. The van der Waals surface area contributed by atoms with Crippen molar-refractivity contribution in [1.29, 1.82) is 0 Å². The molecule has 0 aromatic heterocycles. The number of quaternary nitrogens is 1. The molecule has 0 unspecified atom stereocenters. The third-order valence-electron chi connectivity index (χ3n) is 0.202. The monoisotopic (exact) mass is 119 g/mol. The summed E-state index contributed by atoms with van der Waals surface area (Å²) >= 11 is 0. The van der Waals surface area contributed by atoms with Crippen LogP contribution in [0.5, 0.6) is 0 Å². The summed E-state index contributed by atoms with van der Waals surface area (Å²) in [5.74, 6) is 0. The second-order valence-corrected chi connectivity index (χ2v) is 0.618. The standard InChI is InChI=1S/K.HNO4.H/c;2-1(3)4-5-1;/h;2H;. The zero-order valence-electron chi connectivity index (χ0n) is 2.12. The van der Waals surface area contributed by atoms with Crippen LogP contribution in [0.15, 0.2) is 0 Å². The van der Waals surface area contributed by atoms with Gasteiger partial charge in [-0.3, -0.25) is 0 Å². The fraction of sp³-hybridized carbons (Fsp3) is 0. The molecule has 0 bridgehead atoms. The molecular formula is H2KNO4. The van der Waals surface area contributed by atoms with E-state index >= 15 is 0 Å². The van der Waals surface area contributed by atoms with Gasteiger partial charge >= 0.3 is 51.4 Å². The van der Waals surface area contributed by atoms with Crippen molar-refractivity contribution in [3.05, 3.63) is 5.21 Å². The Kier molecular flexibility index (Phi) is 2.65. The minimum atomic E-state index is -2.00. The third kappa shape index (κ3) is 2.58. The Hall–Kier alpha value is 1.44. The summed E-state index contributed by atoms with van der Waals surface area (Å²) in [5, 5.41) is 14.8. The molecule has 1 fully saturated rings. The molecule has 32 valence electrons. The molecule has 0 aromatic carbocycles. The molecule has 0 aromatic rings. The predicted octanol–water partition coefficient (Wildman–Crippen LogP) is -1.17. The first-order valence-corrected chi connectivity index (χ1v) is 0.914. The zero-order chi connectivity index (χ0) is 3.91. The van der Waals surface area contributed by atoms with Gasteiger partial charge in [-0.05, 0) is 0 Å². The second-order valence-electron chi connectivity index (χ2n) is 0.618. The molecule has 0 amide bonds. The first-order chi connectivity index (χ1) is 2.21. The smallest absolute Gasteiger partial charge is 0.154 e. The van der Waals surface area contributed by atoms with E-state index in [1.807, 2.05) is 0 Å². The minimum absolute atomic E-state index is 0. The fourth-order valence-electron chi connectivity index (χ4n) is 0.0285. The Morgan fingerprint density at radius 1 is 1.50 bits per heavy atom. The van der Waals surface area contributed by atoms with Crippen LogP contribution in [0.4, 0.5) is 0 Å². The number of hydrogen-bond acceptors (Lipinski definition) is 4. The maximum atomic E-state index is 9.26. The van der Waals surface area contributed by atoms with Crippen molar-refractivity contribution in [1.82, 2.24) is 0 Å². The van der Waals surface area contributed by atoms with Crippen LogP contribution in [0.3, 0.4) is 0 Å². The number of rotatable bonds is 0. The van der Waals surface area contributed by atoms with E-state index in [4.69, 9.17) is 5.21 Å². The Balaban J connectivity index is 0.000000250. The molecule has 5 nitrogen and oxygen atoms in total. The Morgan fingerprint density at radius 3 is 1.67 bits per heavy atom. The molecule has 1 aliphatic heterocycles. The van der Waals surface area contributed by atoms with E-state index in [1.165, 1.54) is 0 Å². The summed E-state index contributed by atoms with van der Waals surface area (Å²) in [5.41, 5.74) is 0. The summed E-state index contributed by atoms with van der Waals surface area (Å²) in [7, 11) is 0. The summed E-state index contributed by atoms with van der Waals surface area (Å²) in [6.45, 7) is 0. The minimum Gasteiger partial charge on any atom is -0.523 e. The van der Waals surface area contributed by atoms with Gasteiger partial charge < -0.3 is 5.21 Å². The van der Waals surface area contributed by atoms with Gasteiger partial charge in [0.2, 0.25) is 0 Å². The maximum absolute atomic E-state index is 9.26. The van der Waals surface area contributed by atoms with E-state index in [0.29, 0.717) is 0 Å². The maximum Gasteiger partial charge on any atom is 0.154 e. The van der Waals surface area contributed by atoms with Gasteiger partial charge in [-0.2, -0.15) is 0 Å². The van der Waals surface area contributed by atoms with Crippen molar-refractivity contribution in [3.8, 4) is 0 Å². The molecule has 0 saturated carbocycles. The van der Waals surface area contributed by atoms with Crippen LogP contribution in [-0.4, -0.2) is 61.7 Å². The molecular weight excluding hydrogens is 117 g/mol. The van der Waals surface area contributed by atoms with E-state index in [1.54, 1.807) is 0 Å². The molecule has 6 heteroatoms.